The molecule has 6 nitrogen and oxygen atoms in total. The minimum absolute atomic E-state index is 0.223. The Balaban J connectivity index is 1.60. The molecule has 0 radical (unpaired) electrons. The number of fused-ring (bicyclic) bond motifs is 1. The second-order valence-electron chi connectivity index (χ2n) is 7.08. The van der Waals surface area contributed by atoms with E-state index in [1.165, 1.54) is 12.8 Å². The van der Waals surface area contributed by atoms with E-state index in [2.05, 4.69) is 37.6 Å². The highest BCUT2D eigenvalue weighted by atomic mass is 79.9. The molecule has 0 aromatic carbocycles. The first-order valence-corrected chi connectivity index (χ1v) is 10.2. The number of aliphatic hydroxyl groups is 1. The number of pyridine rings is 1. The Morgan fingerprint density at radius 2 is 2.15 bits per heavy atom. The minimum Gasteiger partial charge on any atom is -0.396 e. The lowest BCUT2D eigenvalue weighted by Gasteiger charge is -2.31. The normalized spacial score (nSPS) is 19.9. The number of aromatic nitrogens is 3. The van der Waals surface area contributed by atoms with Gasteiger partial charge in [0.05, 0.1) is 4.47 Å². The molecule has 2 atom stereocenters. The smallest absolute Gasteiger partial charge is 0.155 e. The van der Waals surface area contributed by atoms with Gasteiger partial charge >= 0.3 is 0 Å². The average molecular weight is 430 g/mol. The zero-order valence-electron chi connectivity index (χ0n) is 15.1. The fourth-order valence-electron chi connectivity index (χ4n) is 3.76. The number of nitrogens with one attached hydrogen (secondary N) is 2. The minimum atomic E-state index is 0.223. The van der Waals surface area contributed by atoms with Crippen molar-refractivity contribution in [3.05, 3.63) is 52.9 Å². The van der Waals surface area contributed by atoms with Crippen LogP contribution in [-0.4, -0.2) is 32.1 Å². The molecule has 3 aromatic heterocycles. The van der Waals surface area contributed by atoms with Gasteiger partial charge in [-0.1, -0.05) is 18.9 Å². The molecule has 1 aliphatic rings. The quantitative estimate of drug-likeness (QED) is 0.550. The summed E-state index contributed by atoms with van der Waals surface area (Å²) in [6.07, 6.45) is 10.2. The molecule has 27 heavy (non-hydrogen) atoms. The second-order valence-corrected chi connectivity index (χ2v) is 7.93. The highest BCUT2D eigenvalue weighted by molar-refractivity contribution is 9.10. The van der Waals surface area contributed by atoms with E-state index < -0.39 is 0 Å². The van der Waals surface area contributed by atoms with Crippen molar-refractivity contribution in [2.24, 2.45) is 5.92 Å². The Morgan fingerprint density at radius 1 is 1.26 bits per heavy atom. The maximum atomic E-state index is 9.70. The predicted molar refractivity (Wildman–Crippen MR) is 111 cm³/mol. The molecule has 3 N–H and O–H groups in total. The summed E-state index contributed by atoms with van der Waals surface area (Å²) in [6.45, 7) is 0.908. The Labute approximate surface area is 167 Å². The monoisotopic (exact) mass is 429 g/mol. The van der Waals surface area contributed by atoms with Crippen LogP contribution in [0.3, 0.4) is 0 Å². The summed E-state index contributed by atoms with van der Waals surface area (Å²) in [5.41, 5.74) is 1.99. The van der Waals surface area contributed by atoms with Gasteiger partial charge in [-0.05, 0) is 46.5 Å². The van der Waals surface area contributed by atoms with Gasteiger partial charge in [0.1, 0.15) is 11.6 Å². The first-order valence-electron chi connectivity index (χ1n) is 9.42. The largest absolute Gasteiger partial charge is 0.396 e. The van der Waals surface area contributed by atoms with Crippen LogP contribution in [0, 0.1) is 5.92 Å². The number of aliphatic hydroxyl groups excluding tert-OH is 1. The van der Waals surface area contributed by atoms with Gasteiger partial charge in [0, 0.05) is 49.8 Å². The highest BCUT2D eigenvalue weighted by Gasteiger charge is 2.25. The number of hydrogen-bond donors (Lipinski definition) is 3. The molecule has 7 heteroatoms. The zero-order valence-corrected chi connectivity index (χ0v) is 16.7. The van der Waals surface area contributed by atoms with Crippen LogP contribution < -0.4 is 10.6 Å². The molecule has 1 fully saturated rings. The molecule has 3 aromatic rings. The van der Waals surface area contributed by atoms with Crippen LogP contribution in [0.2, 0.25) is 0 Å². The van der Waals surface area contributed by atoms with E-state index in [-0.39, 0.29) is 12.6 Å². The standard InChI is InChI=1S/C20H24BrN5O/c21-16-7-9-26-19(23-12-14-4-3-8-22-11-14)10-18(25-20(16)26)24-17-6-2-1-5-15(17)13-27/h3-4,7-11,15,17,23,27H,1-2,5-6,12-13H2,(H,24,25). The molecule has 0 bridgehead atoms. The fraction of sp³-hybridized carbons (Fsp3) is 0.400. The van der Waals surface area contributed by atoms with E-state index in [4.69, 9.17) is 4.98 Å². The Morgan fingerprint density at radius 3 is 2.96 bits per heavy atom. The summed E-state index contributed by atoms with van der Waals surface area (Å²) >= 11 is 3.59. The van der Waals surface area contributed by atoms with E-state index in [1.54, 1.807) is 6.20 Å². The Hall–Kier alpha value is -2.12. The third-order valence-electron chi connectivity index (χ3n) is 5.24. The Kier molecular flexibility index (Phi) is 5.59. The molecule has 2 unspecified atom stereocenters. The molecule has 0 spiro atoms. The summed E-state index contributed by atoms with van der Waals surface area (Å²) in [4.78, 5) is 8.96. The van der Waals surface area contributed by atoms with E-state index in [0.29, 0.717) is 12.5 Å². The first kappa shape index (κ1) is 18.3. The SMILES string of the molecule is OCC1CCCCC1Nc1cc(NCc2cccnc2)n2ccc(Br)c2n1. The molecule has 4 rings (SSSR count). The van der Waals surface area contributed by atoms with Crippen LogP contribution in [0.25, 0.3) is 5.65 Å². The van der Waals surface area contributed by atoms with Crippen LogP contribution in [0.4, 0.5) is 11.6 Å². The van der Waals surface area contributed by atoms with Gasteiger partial charge < -0.3 is 15.7 Å². The highest BCUT2D eigenvalue weighted by Crippen LogP contribution is 2.29. The molecule has 3 heterocycles. The van der Waals surface area contributed by atoms with Crippen molar-refractivity contribution < 1.29 is 5.11 Å². The Bertz CT molecular complexity index is 898. The molecular formula is C20H24BrN5O. The molecule has 0 amide bonds. The summed E-state index contributed by atoms with van der Waals surface area (Å²) in [5, 5.41) is 16.8. The third kappa shape index (κ3) is 4.09. The molecular weight excluding hydrogens is 406 g/mol. The molecule has 0 aliphatic heterocycles. The van der Waals surface area contributed by atoms with Gasteiger partial charge in [-0.15, -0.1) is 0 Å². The van der Waals surface area contributed by atoms with Gasteiger partial charge in [0.15, 0.2) is 5.65 Å². The van der Waals surface area contributed by atoms with Crippen LogP contribution in [0.15, 0.2) is 47.3 Å². The van der Waals surface area contributed by atoms with Gasteiger partial charge in [-0.3, -0.25) is 9.38 Å². The first-order chi connectivity index (χ1) is 13.2. The van der Waals surface area contributed by atoms with E-state index in [0.717, 1.165) is 40.2 Å². The molecule has 1 saturated carbocycles. The van der Waals surface area contributed by atoms with Gasteiger partial charge in [-0.25, -0.2) is 4.98 Å². The molecule has 142 valence electrons. The predicted octanol–water partition coefficient (Wildman–Crippen LogP) is 4.07. The lowest BCUT2D eigenvalue weighted by molar-refractivity contribution is 0.178. The third-order valence-corrected chi connectivity index (χ3v) is 5.86. The zero-order chi connectivity index (χ0) is 18.6. The summed E-state index contributed by atoms with van der Waals surface area (Å²) < 4.78 is 2.99. The second kappa shape index (κ2) is 8.27. The van der Waals surface area contributed by atoms with Crippen molar-refractivity contribution in [3.8, 4) is 0 Å². The van der Waals surface area contributed by atoms with Crippen LogP contribution in [0.1, 0.15) is 31.2 Å². The number of hydrogen-bond acceptors (Lipinski definition) is 5. The fourth-order valence-corrected chi connectivity index (χ4v) is 4.16. The van der Waals surface area contributed by atoms with Crippen LogP contribution >= 0.6 is 15.9 Å². The van der Waals surface area contributed by atoms with Crippen LogP contribution in [0.5, 0.6) is 0 Å². The summed E-state index contributed by atoms with van der Waals surface area (Å²) in [7, 11) is 0. The number of nitrogens with zero attached hydrogens (tertiary/aromatic N) is 3. The van der Waals surface area contributed by atoms with Crippen molar-refractivity contribution in [1.29, 1.82) is 0 Å². The van der Waals surface area contributed by atoms with Crippen molar-refractivity contribution >= 4 is 33.2 Å². The van der Waals surface area contributed by atoms with Gasteiger partial charge in [-0.2, -0.15) is 0 Å². The van der Waals surface area contributed by atoms with E-state index in [9.17, 15) is 5.11 Å². The van der Waals surface area contributed by atoms with Crippen molar-refractivity contribution in [1.82, 2.24) is 14.4 Å². The lowest BCUT2D eigenvalue weighted by atomic mass is 9.85. The molecule has 0 saturated heterocycles. The maximum absolute atomic E-state index is 9.70. The lowest BCUT2D eigenvalue weighted by Crippen LogP contribution is -2.34. The van der Waals surface area contributed by atoms with Crippen molar-refractivity contribution in [3.63, 3.8) is 0 Å². The summed E-state index contributed by atoms with van der Waals surface area (Å²) in [5.74, 6) is 2.09. The van der Waals surface area contributed by atoms with E-state index in [1.807, 2.05) is 35.0 Å². The van der Waals surface area contributed by atoms with Gasteiger partial charge in [0.25, 0.3) is 0 Å². The van der Waals surface area contributed by atoms with E-state index >= 15 is 0 Å². The van der Waals surface area contributed by atoms with Gasteiger partial charge in [0.2, 0.25) is 0 Å². The number of rotatable bonds is 6. The average Bonchev–Trinajstić information content (AvgIpc) is 3.08. The van der Waals surface area contributed by atoms with Crippen molar-refractivity contribution in [2.75, 3.05) is 17.2 Å². The summed E-state index contributed by atoms with van der Waals surface area (Å²) in [6, 6.07) is 8.30. The number of halogens is 1. The van der Waals surface area contributed by atoms with Crippen molar-refractivity contribution in [2.45, 2.75) is 38.3 Å². The molecule has 1 aliphatic carbocycles. The maximum Gasteiger partial charge on any atom is 0.155 e. The number of anilines is 2. The van der Waals surface area contributed by atoms with Crippen LogP contribution in [-0.2, 0) is 6.54 Å². The topological polar surface area (TPSA) is 74.5 Å².